The molecule has 1 saturated heterocycles. The van der Waals surface area contributed by atoms with Crippen LogP contribution in [0.4, 0.5) is 0 Å². The van der Waals surface area contributed by atoms with E-state index in [9.17, 15) is 9.90 Å². The minimum atomic E-state index is -0.221. The highest BCUT2D eigenvalue weighted by molar-refractivity contribution is 7.08. The van der Waals surface area contributed by atoms with Gasteiger partial charge in [0.25, 0.3) is 5.91 Å². The van der Waals surface area contributed by atoms with E-state index in [1.165, 1.54) is 11.3 Å². The van der Waals surface area contributed by atoms with Crippen LogP contribution in [0.5, 0.6) is 0 Å². The third-order valence-corrected chi connectivity index (χ3v) is 3.20. The summed E-state index contributed by atoms with van der Waals surface area (Å²) in [5.74, 6) is 0.0955. The Morgan fingerprint density at radius 1 is 1.50 bits per heavy atom. The van der Waals surface area contributed by atoms with Crippen molar-refractivity contribution in [2.75, 3.05) is 13.1 Å². The molecule has 0 aromatic carbocycles. The van der Waals surface area contributed by atoms with Crippen LogP contribution < -0.4 is 0 Å². The number of rotatable bonds is 1. The van der Waals surface area contributed by atoms with Crippen molar-refractivity contribution in [1.29, 1.82) is 0 Å². The van der Waals surface area contributed by atoms with E-state index in [0.717, 1.165) is 5.56 Å². The second kappa shape index (κ2) is 4.11. The van der Waals surface area contributed by atoms with Crippen molar-refractivity contribution in [3.63, 3.8) is 0 Å². The summed E-state index contributed by atoms with van der Waals surface area (Å²) >= 11 is 1.54. The van der Waals surface area contributed by atoms with Crippen molar-refractivity contribution in [1.82, 2.24) is 4.90 Å². The van der Waals surface area contributed by atoms with Crippen LogP contribution in [0, 0.1) is 0 Å². The maximum absolute atomic E-state index is 11.8. The van der Waals surface area contributed by atoms with Crippen molar-refractivity contribution in [3.8, 4) is 0 Å². The zero-order chi connectivity index (χ0) is 9.97. The van der Waals surface area contributed by atoms with Crippen molar-refractivity contribution >= 4 is 17.2 Å². The minimum Gasteiger partial charge on any atom is -0.393 e. The first-order valence-corrected chi connectivity index (χ1v) is 5.71. The zero-order valence-corrected chi connectivity index (χ0v) is 8.67. The number of aliphatic hydroxyl groups is 1. The van der Waals surface area contributed by atoms with Gasteiger partial charge in [-0.2, -0.15) is 11.3 Å². The number of likely N-dealkylation sites (tertiary alicyclic amines) is 1. The van der Waals surface area contributed by atoms with Crippen LogP contribution >= 0.6 is 11.3 Å². The average molecular weight is 211 g/mol. The van der Waals surface area contributed by atoms with E-state index in [0.29, 0.717) is 25.9 Å². The molecule has 1 aromatic heterocycles. The van der Waals surface area contributed by atoms with Crippen LogP contribution in [0.15, 0.2) is 16.8 Å². The predicted octanol–water partition coefficient (Wildman–Crippen LogP) is 1.34. The summed E-state index contributed by atoms with van der Waals surface area (Å²) in [7, 11) is 0. The molecule has 1 aromatic rings. The average Bonchev–Trinajstić information content (AvgIpc) is 2.71. The molecule has 0 radical (unpaired) electrons. The Balaban J connectivity index is 1.99. The number of thiophene rings is 1. The highest BCUT2D eigenvalue weighted by Gasteiger charge is 2.22. The van der Waals surface area contributed by atoms with Gasteiger partial charge in [-0.25, -0.2) is 0 Å². The molecule has 0 saturated carbocycles. The minimum absolute atomic E-state index is 0.0955. The number of amides is 1. The summed E-state index contributed by atoms with van der Waals surface area (Å²) in [5.41, 5.74) is 0.770. The second-order valence-corrected chi connectivity index (χ2v) is 4.32. The van der Waals surface area contributed by atoms with Gasteiger partial charge < -0.3 is 10.0 Å². The largest absolute Gasteiger partial charge is 0.393 e. The predicted molar refractivity (Wildman–Crippen MR) is 55.5 cm³/mol. The van der Waals surface area contributed by atoms with Crippen LogP contribution in [0.1, 0.15) is 23.2 Å². The Hall–Kier alpha value is -0.870. The van der Waals surface area contributed by atoms with E-state index in [2.05, 4.69) is 0 Å². The molecule has 0 aliphatic carbocycles. The number of hydrogen-bond donors (Lipinski definition) is 1. The van der Waals surface area contributed by atoms with Crippen molar-refractivity contribution in [2.24, 2.45) is 0 Å². The van der Waals surface area contributed by atoms with Gasteiger partial charge in [-0.15, -0.1) is 0 Å². The molecule has 1 fully saturated rings. The lowest BCUT2D eigenvalue weighted by Gasteiger charge is -2.29. The lowest BCUT2D eigenvalue weighted by Crippen LogP contribution is -2.39. The molecule has 0 bridgehead atoms. The molecular weight excluding hydrogens is 198 g/mol. The summed E-state index contributed by atoms with van der Waals surface area (Å²) in [4.78, 5) is 13.6. The molecular formula is C10H13NO2S. The van der Waals surface area contributed by atoms with Crippen molar-refractivity contribution in [3.05, 3.63) is 22.4 Å². The number of carbonyl (C=O) groups is 1. The van der Waals surface area contributed by atoms with Crippen LogP contribution in [-0.4, -0.2) is 35.1 Å². The number of carbonyl (C=O) groups excluding carboxylic acids is 1. The highest BCUT2D eigenvalue weighted by Crippen LogP contribution is 2.15. The van der Waals surface area contributed by atoms with Gasteiger partial charge in [-0.3, -0.25) is 4.79 Å². The van der Waals surface area contributed by atoms with Crippen LogP contribution in [0.25, 0.3) is 0 Å². The SMILES string of the molecule is O=C(c1ccsc1)N1CCC(O)CC1. The first-order valence-electron chi connectivity index (χ1n) is 4.77. The Morgan fingerprint density at radius 3 is 2.79 bits per heavy atom. The molecule has 1 amide bonds. The van der Waals surface area contributed by atoms with Gasteiger partial charge in [0.1, 0.15) is 0 Å². The summed E-state index contributed by atoms with van der Waals surface area (Å²) in [6.45, 7) is 1.35. The fraction of sp³-hybridized carbons (Fsp3) is 0.500. The monoisotopic (exact) mass is 211 g/mol. The normalized spacial score (nSPS) is 18.5. The Morgan fingerprint density at radius 2 is 2.21 bits per heavy atom. The standard InChI is InChI=1S/C10H13NO2S/c12-9-1-4-11(5-2-9)10(13)8-3-6-14-7-8/h3,6-7,9,12H,1-2,4-5H2. The Bertz CT molecular complexity index is 302. The van der Waals surface area contributed by atoms with Gasteiger partial charge in [0, 0.05) is 18.5 Å². The van der Waals surface area contributed by atoms with Crippen LogP contribution in [0.2, 0.25) is 0 Å². The van der Waals surface area contributed by atoms with Gasteiger partial charge in [-0.1, -0.05) is 0 Å². The van der Waals surface area contributed by atoms with Crippen LogP contribution in [0.3, 0.4) is 0 Å². The fourth-order valence-corrected chi connectivity index (χ4v) is 2.27. The highest BCUT2D eigenvalue weighted by atomic mass is 32.1. The maximum atomic E-state index is 11.8. The molecule has 0 unspecified atom stereocenters. The van der Waals surface area contributed by atoms with E-state index >= 15 is 0 Å². The fourth-order valence-electron chi connectivity index (χ4n) is 1.64. The molecule has 1 aliphatic rings. The molecule has 1 aliphatic heterocycles. The van der Waals surface area contributed by atoms with Gasteiger partial charge in [0.15, 0.2) is 0 Å². The lowest BCUT2D eigenvalue weighted by molar-refractivity contribution is 0.0547. The van der Waals surface area contributed by atoms with Crippen molar-refractivity contribution in [2.45, 2.75) is 18.9 Å². The zero-order valence-electron chi connectivity index (χ0n) is 7.85. The smallest absolute Gasteiger partial charge is 0.254 e. The van der Waals surface area contributed by atoms with Gasteiger partial charge >= 0.3 is 0 Å². The lowest BCUT2D eigenvalue weighted by atomic mass is 10.1. The third kappa shape index (κ3) is 1.96. The summed E-state index contributed by atoms with van der Waals surface area (Å²) < 4.78 is 0. The first kappa shape index (κ1) is 9.68. The molecule has 2 rings (SSSR count). The van der Waals surface area contributed by atoms with Gasteiger partial charge in [0.2, 0.25) is 0 Å². The van der Waals surface area contributed by atoms with E-state index in [1.54, 1.807) is 0 Å². The van der Waals surface area contributed by atoms with E-state index in [4.69, 9.17) is 0 Å². The molecule has 3 nitrogen and oxygen atoms in total. The molecule has 76 valence electrons. The third-order valence-electron chi connectivity index (χ3n) is 2.52. The topological polar surface area (TPSA) is 40.5 Å². The van der Waals surface area contributed by atoms with Gasteiger partial charge in [0.05, 0.1) is 11.7 Å². The quantitative estimate of drug-likeness (QED) is 0.761. The molecule has 2 heterocycles. The summed E-state index contributed by atoms with van der Waals surface area (Å²) in [6, 6.07) is 1.85. The number of piperidine rings is 1. The van der Waals surface area contributed by atoms with Crippen LogP contribution in [-0.2, 0) is 0 Å². The maximum Gasteiger partial charge on any atom is 0.254 e. The molecule has 0 atom stereocenters. The number of nitrogens with zero attached hydrogens (tertiary/aromatic N) is 1. The first-order chi connectivity index (χ1) is 6.77. The van der Waals surface area contributed by atoms with E-state index in [1.807, 2.05) is 21.7 Å². The summed E-state index contributed by atoms with van der Waals surface area (Å²) in [6.07, 6.45) is 1.19. The van der Waals surface area contributed by atoms with E-state index < -0.39 is 0 Å². The molecule has 1 N–H and O–H groups in total. The Kier molecular flexibility index (Phi) is 2.84. The molecule has 4 heteroatoms. The number of hydrogen-bond acceptors (Lipinski definition) is 3. The van der Waals surface area contributed by atoms with Crippen molar-refractivity contribution < 1.29 is 9.90 Å². The van der Waals surface area contributed by atoms with Gasteiger partial charge in [-0.05, 0) is 24.3 Å². The number of aliphatic hydroxyl groups excluding tert-OH is 1. The Labute approximate surface area is 87.0 Å². The second-order valence-electron chi connectivity index (χ2n) is 3.54. The van der Waals surface area contributed by atoms with E-state index in [-0.39, 0.29) is 12.0 Å². The summed E-state index contributed by atoms with van der Waals surface area (Å²) in [5, 5.41) is 13.1. The molecule has 14 heavy (non-hydrogen) atoms. The molecule has 0 spiro atoms.